The Balaban J connectivity index is 3.62. The fourth-order valence-corrected chi connectivity index (χ4v) is 5.60. The Morgan fingerprint density at radius 1 is 0.353 bits per heavy atom. The van der Waals surface area contributed by atoms with E-state index in [4.69, 9.17) is 0 Å². The molecule has 0 saturated carbocycles. The Hall–Kier alpha value is -0.0800. The van der Waals surface area contributed by atoms with Gasteiger partial charge in [0.05, 0.1) is 0 Å². The fraction of sp³-hybridized carbons (Fsp3) is 1.00. The van der Waals surface area contributed by atoms with Gasteiger partial charge in [-0.3, -0.25) is 0 Å². The highest BCUT2D eigenvalue weighted by molar-refractivity contribution is 4.63. The predicted molar refractivity (Wildman–Crippen MR) is 157 cm³/mol. The van der Waals surface area contributed by atoms with Gasteiger partial charge in [-0.2, -0.15) is 0 Å². The molecule has 4 unspecified atom stereocenters. The van der Waals surface area contributed by atoms with Crippen molar-refractivity contribution in [3.05, 3.63) is 0 Å². The Morgan fingerprint density at radius 3 is 0.853 bits per heavy atom. The lowest BCUT2D eigenvalue weighted by atomic mass is 9.90. The van der Waals surface area contributed by atoms with Crippen LogP contribution < -0.4 is 0 Å². The van der Waals surface area contributed by atoms with E-state index in [0.717, 1.165) is 23.7 Å². The molecule has 0 N–H and O–H groups in total. The average Bonchev–Trinajstić information content (AvgIpc) is 2.82. The Morgan fingerprint density at radius 2 is 0.588 bits per heavy atom. The SMILES string of the molecule is CCN(CC)CCCC(C)CCCC(C)CCCCC(C)CCCC(C)CCCN(CC)CC. The molecule has 4 atom stereocenters. The second-order valence-electron chi connectivity index (χ2n) is 11.9. The van der Waals surface area contributed by atoms with Gasteiger partial charge in [-0.1, -0.05) is 120 Å². The molecule has 2 nitrogen and oxygen atoms in total. The molecule has 0 bridgehead atoms. The van der Waals surface area contributed by atoms with Gasteiger partial charge in [-0.05, 0) is 88.6 Å². The molecule has 206 valence electrons. The zero-order valence-electron chi connectivity index (χ0n) is 25.3. The zero-order chi connectivity index (χ0) is 25.6. The minimum atomic E-state index is 0.911. The van der Waals surface area contributed by atoms with E-state index >= 15 is 0 Å². The smallest absolute Gasteiger partial charge is 0.00189 e. The van der Waals surface area contributed by atoms with Crippen LogP contribution in [0.2, 0.25) is 0 Å². The highest BCUT2D eigenvalue weighted by Gasteiger charge is 2.09. The summed E-state index contributed by atoms with van der Waals surface area (Å²) < 4.78 is 0. The lowest BCUT2D eigenvalue weighted by Gasteiger charge is -2.20. The van der Waals surface area contributed by atoms with Crippen LogP contribution in [0, 0.1) is 23.7 Å². The summed E-state index contributed by atoms with van der Waals surface area (Å²) >= 11 is 0. The minimum absolute atomic E-state index is 0.911. The summed E-state index contributed by atoms with van der Waals surface area (Å²) in [6, 6.07) is 0. The molecule has 0 fully saturated rings. The van der Waals surface area contributed by atoms with Gasteiger partial charge in [-0.15, -0.1) is 0 Å². The van der Waals surface area contributed by atoms with Crippen molar-refractivity contribution in [3.63, 3.8) is 0 Å². The molecule has 0 radical (unpaired) electrons. The molecule has 0 aromatic heterocycles. The van der Waals surface area contributed by atoms with Gasteiger partial charge < -0.3 is 9.80 Å². The van der Waals surface area contributed by atoms with Crippen molar-refractivity contribution in [2.75, 3.05) is 39.3 Å². The summed E-state index contributed by atoms with van der Waals surface area (Å²) in [5.41, 5.74) is 0. The largest absolute Gasteiger partial charge is 0.304 e. The molecule has 0 amide bonds. The number of hydrogen-bond donors (Lipinski definition) is 0. The summed E-state index contributed by atoms with van der Waals surface area (Å²) in [6.07, 6.45) is 20.0. The van der Waals surface area contributed by atoms with Gasteiger partial charge in [0, 0.05) is 0 Å². The molecular formula is C32H68N2. The fourth-order valence-electron chi connectivity index (χ4n) is 5.60. The van der Waals surface area contributed by atoms with E-state index in [9.17, 15) is 0 Å². The van der Waals surface area contributed by atoms with E-state index < -0.39 is 0 Å². The lowest BCUT2D eigenvalue weighted by molar-refractivity contribution is 0.284. The van der Waals surface area contributed by atoms with Crippen molar-refractivity contribution < 1.29 is 0 Å². The molecular weight excluding hydrogens is 412 g/mol. The number of rotatable bonds is 25. The number of nitrogens with zero attached hydrogens (tertiary/aromatic N) is 2. The van der Waals surface area contributed by atoms with Gasteiger partial charge >= 0.3 is 0 Å². The van der Waals surface area contributed by atoms with Crippen LogP contribution in [0.5, 0.6) is 0 Å². The van der Waals surface area contributed by atoms with E-state index in [1.54, 1.807) is 0 Å². The molecule has 0 heterocycles. The van der Waals surface area contributed by atoms with Gasteiger partial charge in [0.25, 0.3) is 0 Å². The van der Waals surface area contributed by atoms with Crippen molar-refractivity contribution in [2.45, 2.75) is 145 Å². The van der Waals surface area contributed by atoms with Gasteiger partial charge in [0.2, 0.25) is 0 Å². The second kappa shape index (κ2) is 23.3. The maximum absolute atomic E-state index is 2.56. The first-order valence-electron chi connectivity index (χ1n) is 15.8. The van der Waals surface area contributed by atoms with Crippen LogP contribution >= 0.6 is 0 Å². The van der Waals surface area contributed by atoms with Gasteiger partial charge in [-0.25, -0.2) is 0 Å². The first-order valence-corrected chi connectivity index (χ1v) is 15.8. The normalized spacial score (nSPS) is 15.7. The Kier molecular flexibility index (Phi) is 23.3. The second-order valence-corrected chi connectivity index (χ2v) is 11.9. The van der Waals surface area contributed by atoms with Crippen molar-refractivity contribution in [2.24, 2.45) is 23.7 Å². The average molecular weight is 481 g/mol. The monoisotopic (exact) mass is 481 g/mol. The van der Waals surface area contributed by atoms with Crippen LogP contribution in [-0.4, -0.2) is 49.1 Å². The Bertz CT molecular complexity index is 364. The van der Waals surface area contributed by atoms with Gasteiger partial charge in [0.1, 0.15) is 0 Å². The van der Waals surface area contributed by atoms with Crippen molar-refractivity contribution in [1.29, 1.82) is 0 Å². The van der Waals surface area contributed by atoms with Crippen LogP contribution in [0.3, 0.4) is 0 Å². The Labute approximate surface area is 218 Å². The van der Waals surface area contributed by atoms with E-state index in [0.29, 0.717) is 0 Å². The van der Waals surface area contributed by atoms with Crippen molar-refractivity contribution >= 4 is 0 Å². The topological polar surface area (TPSA) is 6.48 Å². The number of unbranched alkanes of at least 4 members (excludes halogenated alkanes) is 1. The highest BCUT2D eigenvalue weighted by Crippen LogP contribution is 2.23. The third-order valence-corrected chi connectivity index (χ3v) is 8.56. The standard InChI is InChI=1S/C32H68N2/c1-9-33(10-2)27-17-25-31(7)23-15-21-29(5)19-13-14-20-30(6)22-16-24-32(8)26-18-28-34(11-3)12-4/h29-32H,9-28H2,1-8H3. The molecule has 2 heteroatoms. The molecule has 0 rings (SSSR count). The van der Waals surface area contributed by atoms with Crippen LogP contribution in [-0.2, 0) is 0 Å². The highest BCUT2D eigenvalue weighted by atomic mass is 15.1. The molecule has 0 aliphatic rings. The summed E-state index contributed by atoms with van der Waals surface area (Å²) in [4.78, 5) is 5.12. The predicted octanol–water partition coefficient (Wildman–Crippen LogP) is 9.68. The van der Waals surface area contributed by atoms with Crippen LogP contribution in [0.4, 0.5) is 0 Å². The van der Waals surface area contributed by atoms with Gasteiger partial charge in [0.15, 0.2) is 0 Å². The van der Waals surface area contributed by atoms with E-state index in [2.05, 4.69) is 65.2 Å². The minimum Gasteiger partial charge on any atom is -0.304 e. The van der Waals surface area contributed by atoms with E-state index in [1.165, 1.54) is 129 Å². The van der Waals surface area contributed by atoms with Crippen molar-refractivity contribution in [1.82, 2.24) is 9.80 Å². The van der Waals surface area contributed by atoms with Crippen LogP contribution in [0.15, 0.2) is 0 Å². The summed E-state index contributed by atoms with van der Waals surface area (Å²) in [5, 5.41) is 0. The molecule has 0 saturated heterocycles. The summed E-state index contributed by atoms with van der Waals surface area (Å²) in [6.45, 7) is 26.5. The molecule has 0 spiro atoms. The van der Waals surface area contributed by atoms with Crippen LogP contribution in [0.1, 0.15) is 145 Å². The molecule has 0 aromatic rings. The third kappa shape index (κ3) is 20.1. The summed E-state index contributed by atoms with van der Waals surface area (Å²) in [7, 11) is 0. The van der Waals surface area contributed by atoms with Crippen LogP contribution in [0.25, 0.3) is 0 Å². The quantitative estimate of drug-likeness (QED) is 0.120. The zero-order valence-corrected chi connectivity index (χ0v) is 25.3. The lowest BCUT2D eigenvalue weighted by Crippen LogP contribution is -2.24. The molecule has 0 aliphatic carbocycles. The molecule has 0 aromatic carbocycles. The maximum Gasteiger partial charge on any atom is -0.00189 e. The third-order valence-electron chi connectivity index (χ3n) is 8.56. The number of hydrogen-bond acceptors (Lipinski definition) is 2. The first-order chi connectivity index (χ1) is 16.4. The summed E-state index contributed by atoms with van der Waals surface area (Å²) in [5.74, 6) is 3.67. The van der Waals surface area contributed by atoms with Crippen molar-refractivity contribution in [3.8, 4) is 0 Å². The maximum atomic E-state index is 2.56. The van der Waals surface area contributed by atoms with E-state index in [-0.39, 0.29) is 0 Å². The first kappa shape index (κ1) is 33.9. The van der Waals surface area contributed by atoms with E-state index in [1.807, 2.05) is 0 Å². The molecule has 0 aliphatic heterocycles. The molecule has 34 heavy (non-hydrogen) atoms.